The van der Waals surface area contributed by atoms with Crippen molar-refractivity contribution in [1.82, 2.24) is 19.9 Å². The van der Waals surface area contributed by atoms with E-state index >= 15 is 0 Å². The van der Waals surface area contributed by atoms with Crippen molar-refractivity contribution in [2.45, 2.75) is 13.5 Å². The van der Waals surface area contributed by atoms with E-state index in [4.69, 9.17) is 5.73 Å². The molecule has 2 aromatic heterocycles. The number of aromatic nitrogens is 4. The van der Waals surface area contributed by atoms with Crippen LogP contribution >= 0.6 is 0 Å². The van der Waals surface area contributed by atoms with Crippen LogP contribution in [-0.4, -0.2) is 25.0 Å². The standard InChI is InChI=1S/C13H13N5O2/c1-2-18-7-9(8-5-3-4-6-10(8)19)15-13(18)11-12(14)17-20-16-11/h3-7,19H,2H2,1H3,(H2,14,17). The molecule has 102 valence electrons. The van der Waals surface area contributed by atoms with E-state index in [0.29, 0.717) is 29.3 Å². The predicted octanol–water partition coefficient (Wildman–Crippen LogP) is 1.91. The van der Waals surface area contributed by atoms with Gasteiger partial charge < -0.3 is 15.4 Å². The second kappa shape index (κ2) is 4.69. The van der Waals surface area contributed by atoms with Crippen LogP contribution in [0.5, 0.6) is 5.75 Å². The van der Waals surface area contributed by atoms with Crippen LogP contribution in [0, 0.1) is 0 Å². The number of rotatable bonds is 3. The summed E-state index contributed by atoms with van der Waals surface area (Å²) in [5, 5.41) is 17.2. The molecule has 3 rings (SSSR count). The lowest BCUT2D eigenvalue weighted by Crippen LogP contribution is -1.98. The van der Waals surface area contributed by atoms with E-state index in [-0.39, 0.29) is 11.6 Å². The van der Waals surface area contributed by atoms with Crippen LogP contribution in [0.25, 0.3) is 22.8 Å². The molecule has 0 aliphatic rings. The van der Waals surface area contributed by atoms with Crippen molar-refractivity contribution in [2.24, 2.45) is 0 Å². The van der Waals surface area contributed by atoms with E-state index in [1.54, 1.807) is 18.2 Å². The lowest BCUT2D eigenvalue weighted by molar-refractivity contribution is 0.310. The summed E-state index contributed by atoms with van der Waals surface area (Å²) in [4.78, 5) is 4.48. The second-order valence-electron chi connectivity index (χ2n) is 4.25. The summed E-state index contributed by atoms with van der Waals surface area (Å²) in [6, 6.07) is 7.01. The number of para-hydroxylation sites is 1. The molecule has 0 saturated heterocycles. The van der Waals surface area contributed by atoms with E-state index in [9.17, 15) is 5.11 Å². The van der Waals surface area contributed by atoms with Gasteiger partial charge in [0, 0.05) is 18.3 Å². The summed E-state index contributed by atoms with van der Waals surface area (Å²) in [5.74, 6) is 0.921. The van der Waals surface area contributed by atoms with Gasteiger partial charge in [-0.1, -0.05) is 12.1 Å². The molecule has 20 heavy (non-hydrogen) atoms. The Hall–Kier alpha value is -2.83. The number of nitrogens with two attached hydrogens (primary N) is 1. The van der Waals surface area contributed by atoms with Crippen LogP contribution in [0.1, 0.15) is 6.92 Å². The minimum Gasteiger partial charge on any atom is -0.507 e. The van der Waals surface area contributed by atoms with Gasteiger partial charge in [0.25, 0.3) is 0 Å². The van der Waals surface area contributed by atoms with Gasteiger partial charge in [-0.2, -0.15) is 0 Å². The Morgan fingerprint density at radius 2 is 2.10 bits per heavy atom. The van der Waals surface area contributed by atoms with E-state index in [1.165, 1.54) is 0 Å². The third kappa shape index (κ3) is 1.89. The number of nitrogen functional groups attached to an aromatic ring is 1. The van der Waals surface area contributed by atoms with Crippen molar-refractivity contribution in [1.29, 1.82) is 0 Å². The monoisotopic (exact) mass is 271 g/mol. The van der Waals surface area contributed by atoms with Crippen molar-refractivity contribution in [3.63, 3.8) is 0 Å². The Bertz CT molecular complexity index is 747. The topological polar surface area (TPSA) is 103 Å². The number of nitrogens with zero attached hydrogens (tertiary/aromatic N) is 4. The van der Waals surface area contributed by atoms with Crippen molar-refractivity contribution in [3.05, 3.63) is 30.5 Å². The van der Waals surface area contributed by atoms with Gasteiger partial charge in [0.05, 0.1) is 5.69 Å². The zero-order chi connectivity index (χ0) is 14.1. The summed E-state index contributed by atoms with van der Waals surface area (Å²) in [6.07, 6.45) is 1.83. The zero-order valence-corrected chi connectivity index (χ0v) is 10.8. The fourth-order valence-corrected chi connectivity index (χ4v) is 2.02. The number of aryl methyl sites for hydroxylation is 1. The zero-order valence-electron chi connectivity index (χ0n) is 10.8. The fourth-order valence-electron chi connectivity index (χ4n) is 2.02. The van der Waals surface area contributed by atoms with Crippen molar-refractivity contribution >= 4 is 5.82 Å². The Kier molecular flexibility index (Phi) is 2.86. The molecule has 1 aromatic carbocycles. The number of benzene rings is 1. The van der Waals surface area contributed by atoms with E-state index < -0.39 is 0 Å². The van der Waals surface area contributed by atoms with Gasteiger partial charge in [-0.05, 0) is 29.4 Å². The molecule has 0 radical (unpaired) electrons. The van der Waals surface area contributed by atoms with E-state index in [0.717, 1.165) is 0 Å². The Labute approximate surface area is 114 Å². The van der Waals surface area contributed by atoms with Crippen LogP contribution in [0.2, 0.25) is 0 Å². The number of aromatic hydroxyl groups is 1. The minimum atomic E-state index is 0.172. The van der Waals surface area contributed by atoms with Gasteiger partial charge in [-0.25, -0.2) is 9.61 Å². The summed E-state index contributed by atoms with van der Waals surface area (Å²) in [6.45, 7) is 2.66. The van der Waals surface area contributed by atoms with Gasteiger partial charge in [-0.3, -0.25) is 0 Å². The second-order valence-corrected chi connectivity index (χ2v) is 4.25. The van der Waals surface area contributed by atoms with Gasteiger partial charge in [-0.15, -0.1) is 0 Å². The van der Waals surface area contributed by atoms with Crippen LogP contribution in [-0.2, 0) is 6.54 Å². The smallest absolute Gasteiger partial charge is 0.199 e. The Morgan fingerprint density at radius 3 is 2.75 bits per heavy atom. The maximum atomic E-state index is 9.90. The molecule has 0 bridgehead atoms. The molecule has 0 amide bonds. The van der Waals surface area contributed by atoms with Crippen molar-refractivity contribution in [2.75, 3.05) is 5.73 Å². The number of hydrogen-bond donors (Lipinski definition) is 2. The first-order valence-electron chi connectivity index (χ1n) is 6.14. The fraction of sp³-hybridized carbons (Fsp3) is 0.154. The molecule has 0 fully saturated rings. The molecule has 0 saturated carbocycles. The van der Waals surface area contributed by atoms with Crippen LogP contribution in [0.15, 0.2) is 35.1 Å². The SMILES string of the molecule is CCn1cc(-c2ccccc2O)nc1-c1nonc1N. The van der Waals surface area contributed by atoms with E-state index in [1.807, 2.05) is 23.8 Å². The van der Waals surface area contributed by atoms with Gasteiger partial charge in [0.2, 0.25) is 0 Å². The molecule has 0 spiro atoms. The van der Waals surface area contributed by atoms with Crippen molar-refractivity contribution in [3.8, 4) is 28.5 Å². The predicted molar refractivity (Wildman–Crippen MR) is 72.7 cm³/mol. The molecular formula is C13H13N5O2. The molecule has 0 aliphatic carbocycles. The highest BCUT2D eigenvalue weighted by Gasteiger charge is 2.18. The quantitative estimate of drug-likeness (QED) is 0.754. The first kappa shape index (κ1) is 12.2. The van der Waals surface area contributed by atoms with Gasteiger partial charge in [0.1, 0.15) is 5.75 Å². The summed E-state index contributed by atoms with van der Waals surface area (Å²) >= 11 is 0. The molecule has 7 nitrogen and oxygen atoms in total. The Morgan fingerprint density at radius 1 is 1.30 bits per heavy atom. The summed E-state index contributed by atoms with van der Waals surface area (Å²) in [7, 11) is 0. The lowest BCUT2D eigenvalue weighted by Gasteiger charge is -1.99. The molecular weight excluding hydrogens is 258 g/mol. The third-order valence-electron chi connectivity index (χ3n) is 3.02. The summed E-state index contributed by atoms with van der Waals surface area (Å²) in [5.41, 5.74) is 7.39. The highest BCUT2D eigenvalue weighted by Crippen LogP contribution is 2.31. The minimum absolute atomic E-state index is 0.172. The number of phenolic OH excluding ortho intramolecular Hbond substituents is 1. The normalized spacial score (nSPS) is 10.8. The van der Waals surface area contributed by atoms with Gasteiger partial charge in [0.15, 0.2) is 17.3 Å². The average molecular weight is 271 g/mol. The lowest BCUT2D eigenvalue weighted by atomic mass is 10.1. The average Bonchev–Trinajstić information content (AvgIpc) is 3.04. The maximum Gasteiger partial charge on any atom is 0.199 e. The van der Waals surface area contributed by atoms with Crippen LogP contribution in [0.4, 0.5) is 5.82 Å². The maximum absolute atomic E-state index is 9.90. The number of imidazole rings is 1. The molecule has 0 unspecified atom stereocenters. The van der Waals surface area contributed by atoms with Crippen LogP contribution in [0.3, 0.4) is 0 Å². The number of phenols is 1. The first-order valence-corrected chi connectivity index (χ1v) is 6.14. The molecule has 3 N–H and O–H groups in total. The number of hydrogen-bond acceptors (Lipinski definition) is 6. The van der Waals surface area contributed by atoms with Crippen molar-refractivity contribution < 1.29 is 9.74 Å². The molecule has 0 atom stereocenters. The van der Waals surface area contributed by atoms with Gasteiger partial charge >= 0.3 is 0 Å². The highest BCUT2D eigenvalue weighted by atomic mass is 16.6. The number of anilines is 1. The third-order valence-corrected chi connectivity index (χ3v) is 3.02. The Balaban J connectivity index is 2.15. The molecule has 2 heterocycles. The molecule has 3 aromatic rings. The highest BCUT2D eigenvalue weighted by molar-refractivity contribution is 5.71. The summed E-state index contributed by atoms with van der Waals surface area (Å²) < 4.78 is 6.48. The largest absolute Gasteiger partial charge is 0.507 e. The molecule has 0 aliphatic heterocycles. The first-order chi connectivity index (χ1) is 9.70. The van der Waals surface area contributed by atoms with Crippen LogP contribution < -0.4 is 5.73 Å². The molecule has 7 heteroatoms. The van der Waals surface area contributed by atoms with E-state index in [2.05, 4.69) is 19.9 Å².